The van der Waals surface area contributed by atoms with Gasteiger partial charge in [0.1, 0.15) is 0 Å². The first-order valence-corrected chi connectivity index (χ1v) is 9.54. The molecule has 0 atom stereocenters. The Morgan fingerprint density at radius 2 is 1.93 bits per heavy atom. The Morgan fingerprint density at radius 3 is 2.69 bits per heavy atom. The van der Waals surface area contributed by atoms with Crippen LogP contribution in [-0.2, 0) is 22.6 Å². The van der Waals surface area contributed by atoms with Crippen LogP contribution in [0.1, 0.15) is 16.8 Å². The van der Waals surface area contributed by atoms with Gasteiger partial charge in [0.25, 0.3) is 0 Å². The number of methoxy groups -OCH3 is 2. The van der Waals surface area contributed by atoms with Crippen molar-refractivity contribution in [1.82, 2.24) is 14.9 Å². The first-order chi connectivity index (χ1) is 14.2. The topological polar surface area (TPSA) is 77.0 Å². The SMILES string of the molecule is COc1ccc(C=CC(=O)N2Cc3cnc(N4CCOCC4)nc3C2)cc1OC. The molecular formula is C21H24N4O4. The Kier molecular flexibility index (Phi) is 5.62. The number of aromatic nitrogens is 2. The molecule has 0 N–H and O–H groups in total. The molecule has 8 heteroatoms. The van der Waals surface area contributed by atoms with Crippen molar-refractivity contribution >= 4 is 17.9 Å². The largest absolute Gasteiger partial charge is 0.493 e. The molecule has 0 saturated carbocycles. The summed E-state index contributed by atoms with van der Waals surface area (Å²) in [7, 11) is 3.18. The molecular weight excluding hydrogens is 372 g/mol. The van der Waals surface area contributed by atoms with Gasteiger partial charge in [0.15, 0.2) is 11.5 Å². The average molecular weight is 396 g/mol. The molecule has 3 heterocycles. The predicted molar refractivity (Wildman–Crippen MR) is 108 cm³/mol. The molecule has 29 heavy (non-hydrogen) atoms. The fraction of sp³-hybridized carbons (Fsp3) is 0.381. The van der Waals surface area contributed by atoms with Crippen LogP contribution < -0.4 is 14.4 Å². The molecule has 0 aliphatic carbocycles. The van der Waals surface area contributed by atoms with Gasteiger partial charge in [0, 0.05) is 37.5 Å². The van der Waals surface area contributed by atoms with Gasteiger partial charge in [0.2, 0.25) is 11.9 Å². The van der Waals surface area contributed by atoms with E-state index in [0.29, 0.717) is 43.8 Å². The number of fused-ring (bicyclic) bond motifs is 1. The Labute approximate surface area is 169 Å². The van der Waals surface area contributed by atoms with Gasteiger partial charge in [-0.05, 0) is 23.8 Å². The number of benzene rings is 1. The van der Waals surface area contributed by atoms with Crippen LogP contribution >= 0.6 is 0 Å². The number of rotatable bonds is 5. The zero-order valence-corrected chi connectivity index (χ0v) is 16.6. The number of anilines is 1. The van der Waals surface area contributed by atoms with Crippen molar-refractivity contribution in [1.29, 1.82) is 0 Å². The summed E-state index contributed by atoms with van der Waals surface area (Å²) in [5, 5.41) is 0. The summed E-state index contributed by atoms with van der Waals surface area (Å²) < 4.78 is 15.9. The van der Waals surface area contributed by atoms with E-state index in [-0.39, 0.29) is 5.91 Å². The summed E-state index contributed by atoms with van der Waals surface area (Å²) in [6.07, 6.45) is 5.18. The van der Waals surface area contributed by atoms with Gasteiger partial charge in [-0.1, -0.05) is 6.07 Å². The predicted octanol–water partition coefficient (Wildman–Crippen LogP) is 1.89. The van der Waals surface area contributed by atoms with Crippen LogP contribution in [0.2, 0.25) is 0 Å². The van der Waals surface area contributed by atoms with Crippen LogP contribution in [0.25, 0.3) is 6.08 Å². The molecule has 1 amide bonds. The van der Waals surface area contributed by atoms with Crippen molar-refractivity contribution in [2.75, 3.05) is 45.4 Å². The van der Waals surface area contributed by atoms with E-state index in [1.807, 2.05) is 24.4 Å². The third-order valence-corrected chi connectivity index (χ3v) is 5.07. The number of ether oxygens (including phenoxy) is 3. The lowest BCUT2D eigenvalue weighted by molar-refractivity contribution is -0.126. The van der Waals surface area contributed by atoms with Crippen LogP contribution in [0.3, 0.4) is 0 Å². The normalized spacial score (nSPS) is 16.2. The fourth-order valence-corrected chi connectivity index (χ4v) is 3.44. The second kappa shape index (κ2) is 8.48. The van der Waals surface area contributed by atoms with E-state index < -0.39 is 0 Å². The molecule has 1 aromatic heterocycles. The van der Waals surface area contributed by atoms with E-state index in [4.69, 9.17) is 14.2 Å². The maximum absolute atomic E-state index is 12.7. The van der Waals surface area contributed by atoms with Crippen molar-refractivity contribution < 1.29 is 19.0 Å². The van der Waals surface area contributed by atoms with Crippen molar-refractivity contribution in [3.63, 3.8) is 0 Å². The minimum atomic E-state index is -0.0642. The van der Waals surface area contributed by atoms with Crippen molar-refractivity contribution in [3.05, 3.63) is 47.3 Å². The third kappa shape index (κ3) is 4.17. The molecule has 0 bridgehead atoms. The van der Waals surface area contributed by atoms with Crippen molar-refractivity contribution in [2.24, 2.45) is 0 Å². The van der Waals surface area contributed by atoms with Crippen LogP contribution in [0.15, 0.2) is 30.5 Å². The third-order valence-electron chi connectivity index (χ3n) is 5.07. The summed E-state index contributed by atoms with van der Waals surface area (Å²) in [6.45, 7) is 3.96. The second-order valence-corrected chi connectivity index (χ2v) is 6.88. The number of amides is 1. The Morgan fingerprint density at radius 1 is 1.14 bits per heavy atom. The van der Waals surface area contributed by atoms with Crippen LogP contribution in [0.5, 0.6) is 11.5 Å². The Bertz CT molecular complexity index is 925. The highest BCUT2D eigenvalue weighted by Crippen LogP contribution is 2.28. The van der Waals surface area contributed by atoms with Gasteiger partial charge in [-0.25, -0.2) is 9.97 Å². The molecule has 2 aliphatic heterocycles. The van der Waals surface area contributed by atoms with Gasteiger partial charge in [-0.3, -0.25) is 4.79 Å². The van der Waals surface area contributed by atoms with Gasteiger partial charge in [0.05, 0.1) is 39.7 Å². The molecule has 152 valence electrons. The Balaban J connectivity index is 1.42. The standard InChI is InChI=1S/C21H24N4O4/c1-27-18-5-3-15(11-19(18)28-2)4-6-20(26)25-13-16-12-22-21(23-17(16)14-25)24-7-9-29-10-8-24/h3-6,11-12H,7-10,13-14H2,1-2H3. The van der Waals surface area contributed by atoms with Crippen molar-refractivity contribution in [2.45, 2.75) is 13.1 Å². The summed E-state index contributed by atoms with van der Waals surface area (Å²) in [5.74, 6) is 1.93. The minimum absolute atomic E-state index is 0.0642. The lowest BCUT2D eigenvalue weighted by atomic mass is 10.2. The zero-order valence-electron chi connectivity index (χ0n) is 16.6. The van der Waals surface area contributed by atoms with Gasteiger partial charge in [-0.15, -0.1) is 0 Å². The number of hydrogen-bond acceptors (Lipinski definition) is 7. The van der Waals surface area contributed by atoms with E-state index in [1.54, 1.807) is 31.3 Å². The molecule has 1 fully saturated rings. The fourth-order valence-electron chi connectivity index (χ4n) is 3.44. The first-order valence-electron chi connectivity index (χ1n) is 9.54. The number of carbonyl (C=O) groups is 1. The molecule has 2 aromatic rings. The van der Waals surface area contributed by atoms with Gasteiger partial charge in [-0.2, -0.15) is 0 Å². The summed E-state index contributed by atoms with van der Waals surface area (Å²) in [6, 6.07) is 5.53. The highest BCUT2D eigenvalue weighted by atomic mass is 16.5. The molecule has 1 aromatic carbocycles. The zero-order chi connectivity index (χ0) is 20.2. The van der Waals surface area contributed by atoms with E-state index in [2.05, 4.69) is 14.9 Å². The number of morpholine rings is 1. The van der Waals surface area contributed by atoms with E-state index in [0.717, 1.165) is 29.9 Å². The van der Waals surface area contributed by atoms with Crippen LogP contribution in [0.4, 0.5) is 5.95 Å². The Hall–Kier alpha value is -3.13. The molecule has 0 radical (unpaired) electrons. The average Bonchev–Trinajstić information content (AvgIpc) is 3.21. The monoisotopic (exact) mass is 396 g/mol. The first kappa shape index (κ1) is 19.2. The molecule has 4 rings (SSSR count). The number of nitrogens with zero attached hydrogens (tertiary/aromatic N) is 4. The highest BCUT2D eigenvalue weighted by molar-refractivity contribution is 5.92. The molecule has 2 aliphatic rings. The quantitative estimate of drug-likeness (QED) is 0.714. The van der Waals surface area contributed by atoms with E-state index in [1.165, 1.54) is 0 Å². The maximum atomic E-state index is 12.7. The smallest absolute Gasteiger partial charge is 0.247 e. The van der Waals surface area contributed by atoms with Crippen LogP contribution in [0, 0.1) is 0 Å². The molecule has 8 nitrogen and oxygen atoms in total. The minimum Gasteiger partial charge on any atom is -0.493 e. The van der Waals surface area contributed by atoms with E-state index >= 15 is 0 Å². The summed E-state index contributed by atoms with van der Waals surface area (Å²) >= 11 is 0. The number of hydrogen-bond donors (Lipinski definition) is 0. The lowest BCUT2D eigenvalue weighted by Gasteiger charge is -2.26. The second-order valence-electron chi connectivity index (χ2n) is 6.88. The van der Waals surface area contributed by atoms with Crippen LogP contribution in [-0.4, -0.2) is 61.3 Å². The molecule has 0 spiro atoms. The molecule has 1 saturated heterocycles. The number of carbonyl (C=O) groups excluding carboxylic acids is 1. The highest BCUT2D eigenvalue weighted by Gasteiger charge is 2.25. The lowest BCUT2D eigenvalue weighted by Crippen LogP contribution is -2.37. The maximum Gasteiger partial charge on any atom is 0.247 e. The van der Waals surface area contributed by atoms with Gasteiger partial charge < -0.3 is 24.0 Å². The molecule has 0 unspecified atom stereocenters. The summed E-state index contributed by atoms with van der Waals surface area (Å²) in [5.41, 5.74) is 2.77. The summed E-state index contributed by atoms with van der Waals surface area (Å²) in [4.78, 5) is 25.7. The van der Waals surface area contributed by atoms with Gasteiger partial charge >= 0.3 is 0 Å². The van der Waals surface area contributed by atoms with Crippen molar-refractivity contribution in [3.8, 4) is 11.5 Å². The van der Waals surface area contributed by atoms with E-state index in [9.17, 15) is 4.79 Å².